The predicted octanol–water partition coefficient (Wildman–Crippen LogP) is 1.12. The Balaban J connectivity index is 2.01. The number of nitro benzene ring substituents is 1. The van der Waals surface area contributed by atoms with Gasteiger partial charge in [0.2, 0.25) is 5.91 Å². The molecule has 1 amide bonds. The Morgan fingerprint density at radius 2 is 2.00 bits per heavy atom. The number of rotatable bonds is 4. The van der Waals surface area contributed by atoms with E-state index < -0.39 is 4.92 Å². The van der Waals surface area contributed by atoms with Gasteiger partial charge in [-0.3, -0.25) is 14.9 Å². The van der Waals surface area contributed by atoms with E-state index in [1.807, 2.05) is 0 Å². The maximum Gasteiger partial charge on any atom is 0.269 e. The molecule has 0 aliphatic heterocycles. The average molecular weight is 275 g/mol. The summed E-state index contributed by atoms with van der Waals surface area (Å²) in [5.74, 6) is -0.271. The first-order chi connectivity index (χ1) is 9.47. The summed E-state index contributed by atoms with van der Waals surface area (Å²) in [6.45, 7) is 3.59. The average Bonchev–Trinajstić information content (AvgIpc) is 2.71. The summed E-state index contributed by atoms with van der Waals surface area (Å²) in [7, 11) is 0. The third-order valence-electron chi connectivity index (χ3n) is 2.87. The van der Waals surface area contributed by atoms with Gasteiger partial charge in [0.25, 0.3) is 5.69 Å². The first-order valence-corrected chi connectivity index (χ1v) is 5.89. The molecule has 104 valence electrons. The van der Waals surface area contributed by atoms with E-state index in [0.717, 1.165) is 11.4 Å². The van der Waals surface area contributed by atoms with Crippen molar-refractivity contribution in [2.45, 2.75) is 20.3 Å². The lowest BCUT2D eigenvalue weighted by Crippen LogP contribution is -2.26. The van der Waals surface area contributed by atoms with Gasteiger partial charge in [-0.15, -0.1) is 5.10 Å². The van der Waals surface area contributed by atoms with Crippen LogP contribution in [0.1, 0.15) is 17.0 Å². The van der Waals surface area contributed by atoms with E-state index in [2.05, 4.69) is 15.7 Å². The van der Waals surface area contributed by atoms with Crippen molar-refractivity contribution in [3.05, 3.63) is 51.3 Å². The van der Waals surface area contributed by atoms with Gasteiger partial charge in [-0.1, -0.05) is 12.1 Å². The summed E-state index contributed by atoms with van der Waals surface area (Å²) in [6.07, 6.45) is 0.107. The normalized spacial score (nSPS) is 10.3. The largest absolute Gasteiger partial charge is 0.273 e. The molecule has 0 aliphatic carbocycles. The van der Waals surface area contributed by atoms with Crippen molar-refractivity contribution in [2.75, 3.05) is 5.43 Å². The lowest BCUT2D eigenvalue weighted by Gasteiger charge is -2.06. The number of carbonyl (C=O) groups is 1. The molecule has 1 aromatic carbocycles. The van der Waals surface area contributed by atoms with Crippen molar-refractivity contribution in [3.8, 4) is 0 Å². The van der Waals surface area contributed by atoms with Crippen LogP contribution in [0.25, 0.3) is 0 Å². The number of carbonyl (C=O) groups excluding carboxylic acids is 1. The van der Waals surface area contributed by atoms with E-state index in [1.54, 1.807) is 26.0 Å². The quantitative estimate of drug-likeness (QED) is 0.665. The van der Waals surface area contributed by atoms with Crippen molar-refractivity contribution in [1.29, 1.82) is 0 Å². The first-order valence-electron chi connectivity index (χ1n) is 5.89. The second-order valence-corrected chi connectivity index (χ2v) is 4.31. The number of nitrogens with one attached hydrogen (secondary N) is 1. The van der Waals surface area contributed by atoms with Crippen LogP contribution in [0.2, 0.25) is 0 Å². The lowest BCUT2D eigenvalue weighted by atomic mass is 10.1. The number of benzene rings is 1. The Morgan fingerprint density at radius 3 is 2.50 bits per heavy atom. The van der Waals surface area contributed by atoms with E-state index >= 15 is 0 Å². The van der Waals surface area contributed by atoms with Gasteiger partial charge in [0.1, 0.15) is 0 Å². The zero-order chi connectivity index (χ0) is 14.7. The third-order valence-corrected chi connectivity index (χ3v) is 2.87. The number of nitro groups is 1. The second-order valence-electron chi connectivity index (χ2n) is 4.31. The Labute approximate surface area is 114 Å². The standard InChI is InChI=1S/C12H13N5O3/c1-8-9(2)16(15-13-8)14-12(18)7-10-3-5-11(6-4-10)17(19)20/h3-6H,7H2,1-2H3,(H,14,18). The fourth-order valence-corrected chi connectivity index (χ4v) is 1.59. The molecule has 0 unspecified atom stereocenters. The Morgan fingerprint density at radius 1 is 1.35 bits per heavy atom. The first kappa shape index (κ1) is 13.7. The SMILES string of the molecule is Cc1nnn(NC(=O)Cc2ccc([N+](=O)[O-])cc2)c1C. The van der Waals surface area contributed by atoms with Gasteiger partial charge >= 0.3 is 0 Å². The molecular weight excluding hydrogens is 262 g/mol. The van der Waals surface area contributed by atoms with Crippen LogP contribution in [0.3, 0.4) is 0 Å². The molecule has 0 saturated carbocycles. The maximum absolute atomic E-state index is 11.8. The monoisotopic (exact) mass is 275 g/mol. The lowest BCUT2D eigenvalue weighted by molar-refractivity contribution is -0.384. The van der Waals surface area contributed by atoms with Crippen LogP contribution in [-0.4, -0.2) is 25.9 Å². The van der Waals surface area contributed by atoms with Crippen LogP contribution >= 0.6 is 0 Å². The molecule has 8 heteroatoms. The third kappa shape index (κ3) is 2.97. The molecule has 1 N–H and O–H groups in total. The zero-order valence-corrected chi connectivity index (χ0v) is 11.0. The van der Waals surface area contributed by atoms with Crippen LogP contribution in [-0.2, 0) is 11.2 Å². The second kappa shape index (κ2) is 5.47. The van der Waals surface area contributed by atoms with Gasteiger partial charge in [0, 0.05) is 12.1 Å². The number of aryl methyl sites for hydroxylation is 1. The minimum absolute atomic E-state index is 0.00287. The molecule has 0 spiro atoms. The molecule has 8 nitrogen and oxygen atoms in total. The fourth-order valence-electron chi connectivity index (χ4n) is 1.59. The highest BCUT2D eigenvalue weighted by atomic mass is 16.6. The van der Waals surface area contributed by atoms with Crippen LogP contribution in [0.15, 0.2) is 24.3 Å². The number of hydrogen-bond donors (Lipinski definition) is 1. The summed E-state index contributed by atoms with van der Waals surface area (Å²) >= 11 is 0. The summed E-state index contributed by atoms with van der Waals surface area (Å²) in [5.41, 5.74) is 4.76. The molecule has 1 aromatic heterocycles. The highest BCUT2D eigenvalue weighted by molar-refractivity contribution is 5.85. The molecule has 0 saturated heterocycles. The van der Waals surface area contributed by atoms with Gasteiger partial charge in [-0.25, -0.2) is 5.43 Å². The van der Waals surface area contributed by atoms with Crippen molar-refractivity contribution >= 4 is 11.6 Å². The zero-order valence-electron chi connectivity index (χ0n) is 11.0. The summed E-state index contributed by atoms with van der Waals surface area (Å²) in [5, 5.41) is 18.1. The van der Waals surface area contributed by atoms with Crippen LogP contribution in [0, 0.1) is 24.0 Å². The molecular formula is C12H13N5O3. The van der Waals surface area contributed by atoms with E-state index in [9.17, 15) is 14.9 Å². The minimum atomic E-state index is -0.481. The fraction of sp³-hybridized carbons (Fsp3) is 0.250. The smallest absolute Gasteiger partial charge is 0.269 e. The van der Waals surface area contributed by atoms with Gasteiger partial charge in [0.05, 0.1) is 22.7 Å². The van der Waals surface area contributed by atoms with Crippen molar-refractivity contribution < 1.29 is 9.72 Å². The highest BCUT2D eigenvalue weighted by Crippen LogP contribution is 2.12. The Kier molecular flexibility index (Phi) is 3.74. The van der Waals surface area contributed by atoms with Crippen molar-refractivity contribution in [3.63, 3.8) is 0 Å². The van der Waals surface area contributed by atoms with Crippen LogP contribution in [0.4, 0.5) is 5.69 Å². The van der Waals surface area contributed by atoms with E-state index in [4.69, 9.17) is 0 Å². The van der Waals surface area contributed by atoms with E-state index in [1.165, 1.54) is 16.9 Å². The molecule has 20 heavy (non-hydrogen) atoms. The molecule has 0 aliphatic rings. The van der Waals surface area contributed by atoms with Gasteiger partial charge < -0.3 is 0 Å². The van der Waals surface area contributed by atoms with Crippen molar-refractivity contribution in [2.24, 2.45) is 0 Å². The van der Waals surface area contributed by atoms with E-state index in [-0.39, 0.29) is 18.0 Å². The summed E-state index contributed by atoms with van der Waals surface area (Å²) < 4.78 is 0. The van der Waals surface area contributed by atoms with Crippen molar-refractivity contribution in [1.82, 2.24) is 15.1 Å². The number of aromatic nitrogens is 3. The van der Waals surface area contributed by atoms with Gasteiger partial charge in [-0.2, -0.15) is 4.79 Å². The van der Waals surface area contributed by atoms with Gasteiger partial charge in [0.15, 0.2) is 0 Å². The maximum atomic E-state index is 11.8. The minimum Gasteiger partial charge on any atom is -0.273 e. The summed E-state index contributed by atoms with van der Waals surface area (Å²) in [4.78, 5) is 23.2. The number of amides is 1. The van der Waals surface area contributed by atoms with Crippen LogP contribution < -0.4 is 5.43 Å². The number of non-ortho nitro benzene ring substituents is 1. The predicted molar refractivity (Wildman–Crippen MR) is 70.7 cm³/mol. The Hall–Kier alpha value is -2.77. The number of hydrogen-bond acceptors (Lipinski definition) is 5. The highest BCUT2D eigenvalue weighted by Gasteiger charge is 2.10. The molecule has 0 fully saturated rings. The molecule has 2 aromatic rings. The van der Waals surface area contributed by atoms with Gasteiger partial charge in [-0.05, 0) is 24.6 Å². The van der Waals surface area contributed by atoms with E-state index in [0.29, 0.717) is 5.56 Å². The molecule has 0 bridgehead atoms. The Bertz CT molecular complexity index is 648. The summed E-state index contributed by atoms with van der Waals surface area (Å²) in [6, 6.07) is 5.84. The molecule has 0 atom stereocenters. The molecule has 0 radical (unpaired) electrons. The van der Waals surface area contributed by atoms with Crippen LogP contribution in [0.5, 0.6) is 0 Å². The topological polar surface area (TPSA) is 103 Å². The molecule has 1 heterocycles. The molecule has 2 rings (SSSR count). The number of nitrogens with zero attached hydrogens (tertiary/aromatic N) is 4.